The van der Waals surface area contributed by atoms with Crippen molar-refractivity contribution in [3.8, 4) is 0 Å². The monoisotopic (exact) mass is 1630 g/mol. The SMILES string of the molecule is CC[C@H](C)[C@H](CC(=O)[C@@H](C)CCCN=C(N)N)C(=O)N[C@@H](CCC(=O)O)C(=O)CCC(=O)N[C@@H](CC(C)C)C(=O)C[C@@H](CCCN=C(N)N)C(=O)N[C@@H](CCCCN)C(=O)C[C@@H](CCCN=C(N)N)C(=O)N[C@@H](CCCN=C(N)N)C(=O)C[C@@H](CCCN=C(N)N)C(=O)N[C@@H](CC(C)C)C(=O)C[C@@H](CC(C)C)C(=O)N[C@@H](C)C(N)=O. The maximum Gasteiger partial charge on any atom is 0.303 e. The molecule has 654 valence electrons. The minimum atomic E-state index is -1.36. The maximum atomic E-state index is 15.0. The molecule has 0 aromatic heterocycles. The molecule has 38 nitrogen and oxygen atoms in total. The number of carbonyl (C=O) groups is 14. The number of nitrogens with two attached hydrogens (primary N) is 12. The number of carboxylic acids is 1. The predicted molar refractivity (Wildman–Crippen MR) is 443 cm³/mol. The fourth-order valence-corrected chi connectivity index (χ4v) is 12.9. The second-order valence-corrected chi connectivity index (χ2v) is 31.3. The van der Waals surface area contributed by atoms with Gasteiger partial charge in [0.05, 0.1) is 30.2 Å². The lowest BCUT2D eigenvalue weighted by Crippen LogP contribution is -2.49. The standard InChI is InChI=1S/C77H141N23O15/c1-11-46(8)53(42-60(102)47(9)19-14-30-90-73(80)81)72(115)99-56(25-28-66(108)109)59(101)26-27-65(107)96-57(36-44(4)5)63(105)40-51(22-17-33-93-76(86)87)69(112)97-54(23-12-13-29-78)61(103)38-49(20-15-31-91-74(82)83)68(111)98-55(24-18-34-94-77(88)89)62(104)39-50(21-16-32-92-75(84)85)70(113)100-58(37-45(6)7)64(106)41-52(35-43(2)3)71(114)95-48(10)67(79)110/h43-58H,11-42,78H2,1-10H3,(H2,79,110)(H,95,114)(H,96,107)(H,97,112)(H,98,111)(H,99,115)(H,100,113)(H,108,109)(H4,80,81,90)(H4,82,83,91)(H4,84,85,92)(H4,86,87,93)(H4,88,89,94)/t46-,47-,48-,49+,50+,51+,52+,53-,54-,55-,56-,57-,58-/m0/s1. The molecule has 13 atom stereocenters. The van der Waals surface area contributed by atoms with Gasteiger partial charge in [-0.15, -0.1) is 0 Å². The van der Waals surface area contributed by atoms with Crippen LogP contribution >= 0.6 is 0 Å². The van der Waals surface area contributed by atoms with Crippen molar-refractivity contribution in [3.05, 3.63) is 0 Å². The van der Waals surface area contributed by atoms with Crippen LogP contribution in [0, 0.1) is 59.2 Å². The van der Waals surface area contributed by atoms with Gasteiger partial charge in [0.25, 0.3) is 0 Å². The number of hydrogen-bond acceptors (Lipinski definition) is 20. The highest BCUT2D eigenvalue weighted by Gasteiger charge is 2.38. The number of amides is 7. The smallest absolute Gasteiger partial charge is 0.303 e. The Hall–Kier alpha value is -9.91. The number of nitrogens with one attached hydrogen (secondary N) is 6. The van der Waals surface area contributed by atoms with Crippen LogP contribution in [0.4, 0.5) is 0 Å². The zero-order valence-corrected chi connectivity index (χ0v) is 69.7. The Morgan fingerprint density at radius 3 is 1.04 bits per heavy atom. The average molecular weight is 1630 g/mol. The Labute approximate surface area is 677 Å². The van der Waals surface area contributed by atoms with Crippen molar-refractivity contribution in [2.75, 3.05) is 39.3 Å². The average Bonchev–Trinajstić information content (AvgIpc) is 0.861. The number of aliphatic imine (C=N–C) groups is 5. The lowest BCUT2D eigenvalue weighted by atomic mass is 9.83. The number of ketones is 6. The van der Waals surface area contributed by atoms with Gasteiger partial charge in [-0.1, -0.05) is 68.7 Å². The van der Waals surface area contributed by atoms with Crippen LogP contribution < -0.4 is 101 Å². The minimum Gasteiger partial charge on any atom is -0.481 e. The van der Waals surface area contributed by atoms with Crippen LogP contribution in [0.15, 0.2) is 25.0 Å². The van der Waals surface area contributed by atoms with Crippen molar-refractivity contribution in [3.63, 3.8) is 0 Å². The first-order chi connectivity index (χ1) is 53.9. The number of hydrogen-bond donors (Lipinski definition) is 19. The topological polar surface area (TPSA) is 705 Å². The number of aliphatic carboxylic acids is 1. The number of carbonyl (C=O) groups excluding carboxylic acids is 13. The lowest BCUT2D eigenvalue weighted by Gasteiger charge is -2.27. The highest BCUT2D eigenvalue weighted by atomic mass is 16.4. The molecule has 31 N–H and O–H groups in total. The first-order valence-electron chi connectivity index (χ1n) is 40.4. The Balaban J connectivity index is 7.55. The van der Waals surface area contributed by atoms with Gasteiger partial charge in [0.2, 0.25) is 41.4 Å². The normalized spacial score (nSPS) is 14.6. The van der Waals surface area contributed by atoms with Crippen molar-refractivity contribution < 1.29 is 72.2 Å². The largest absolute Gasteiger partial charge is 0.481 e. The molecule has 0 heterocycles. The molecule has 0 aliphatic rings. The second kappa shape index (κ2) is 58.0. The van der Waals surface area contributed by atoms with Crippen LogP contribution in [0.3, 0.4) is 0 Å². The van der Waals surface area contributed by atoms with Crippen LogP contribution in [-0.4, -0.2) is 192 Å². The summed E-state index contributed by atoms with van der Waals surface area (Å²) in [5.74, 6) is -17.0. The molecule has 0 bridgehead atoms. The molecule has 0 fully saturated rings. The van der Waals surface area contributed by atoms with Crippen LogP contribution in [0.2, 0.25) is 0 Å². The first-order valence-corrected chi connectivity index (χ1v) is 40.4. The van der Waals surface area contributed by atoms with E-state index >= 15 is 9.59 Å². The molecule has 38 heteroatoms. The van der Waals surface area contributed by atoms with Crippen molar-refractivity contribution in [1.82, 2.24) is 31.9 Å². The summed E-state index contributed by atoms with van der Waals surface area (Å²) in [7, 11) is 0. The zero-order chi connectivity index (χ0) is 87.6. The Bertz CT molecular complexity index is 3270. The number of Topliss-reactive ketones (excluding diaryl/α,β-unsaturated/α-hetero) is 6. The lowest BCUT2D eigenvalue weighted by molar-refractivity contribution is -0.138. The van der Waals surface area contributed by atoms with E-state index in [-0.39, 0.29) is 188 Å². The summed E-state index contributed by atoms with van der Waals surface area (Å²) in [6.07, 6.45) is -0.773. The Morgan fingerprint density at radius 1 is 0.330 bits per heavy atom. The van der Waals surface area contributed by atoms with Gasteiger partial charge < -0.3 is 106 Å². The fraction of sp³-hybridized carbons (Fsp3) is 0.753. The third-order valence-electron chi connectivity index (χ3n) is 19.7. The van der Waals surface area contributed by atoms with E-state index in [1.54, 1.807) is 27.7 Å². The van der Waals surface area contributed by atoms with E-state index in [2.05, 4.69) is 56.9 Å². The summed E-state index contributed by atoms with van der Waals surface area (Å²) in [5, 5.41) is 26.1. The van der Waals surface area contributed by atoms with Gasteiger partial charge in [-0.05, 0) is 146 Å². The molecule has 0 rings (SSSR count). The molecule has 0 aromatic carbocycles. The van der Waals surface area contributed by atoms with Crippen molar-refractivity contribution in [1.29, 1.82) is 0 Å². The number of nitrogens with zero attached hydrogens (tertiary/aromatic N) is 5. The molecule has 0 radical (unpaired) electrons. The van der Waals surface area contributed by atoms with Crippen molar-refractivity contribution in [2.45, 2.75) is 272 Å². The van der Waals surface area contributed by atoms with Gasteiger partial charge in [-0.2, -0.15) is 0 Å². The van der Waals surface area contributed by atoms with Crippen LogP contribution in [0.1, 0.15) is 236 Å². The summed E-state index contributed by atoms with van der Waals surface area (Å²) in [6.45, 7) is 18.3. The fourth-order valence-electron chi connectivity index (χ4n) is 12.9. The van der Waals surface area contributed by atoms with Gasteiger partial charge in [-0.25, -0.2) is 0 Å². The van der Waals surface area contributed by atoms with Crippen molar-refractivity contribution >= 4 is 112 Å². The summed E-state index contributed by atoms with van der Waals surface area (Å²) in [5.41, 5.74) is 67.4. The Morgan fingerprint density at radius 2 is 0.670 bits per heavy atom. The third kappa shape index (κ3) is 48.2. The third-order valence-corrected chi connectivity index (χ3v) is 19.7. The second-order valence-electron chi connectivity index (χ2n) is 31.3. The number of rotatable bonds is 66. The van der Waals surface area contributed by atoms with Gasteiger partial charge >= 0.3 is 5.97 Å². The van der Waals surface area contributed by atoms with Crippen LogP contribution in [-0.2, 0) is 67.1 Å². The number of guanidine groups is 5. The van der Waals surface area contributed by atoms with E-state index in [1.807, 2.05) is 34.6 Å². The highest BCUT2D eigenvalue weighted by molar-refractivity contribution is 5.99. The quantitative estimate of drug-likeness (QED) is 0.0211. The molecule has 0 unspecified atom stereocenters. The molecule has 0 saturated carbocycles. The van der Waals surface area contributed by atoms with E-state index < -0.39 is 187 Å². The van der Waals surface area contributed by atoms with E-state index in [1.165, 1.54) is 6.92 Å². The number of primary amides is 1. The molecule has 0 spiro atoms. The summed E-state index contributed by atoms with van der Waals surface area (Å²) < 4.78 is 0. The summed E-state index contributed by atoms with van der Waals surface area (Å²) >= 11 is 0. The van der Waals surface area contributed by atoms with Gasteiger partial charge in [0.1, 0.15) is 11.8 Å². The van der Waals surface area contributed by atoms with Crippen LogP contribution in [0.25, 0.3) is 0 Å². The van der Waals surface area contributed by atoms with E-state index in [9.17, 15) is 62.6 Å². The molecular weight excluding hydrogens is 1490 g/mol. The van der Waals surface area contributed by atoms with Gasteiger partial charge in [-0.3, -0.25) is 92.1 Å². The van der Waals surface area contributed by atoms with Gasteiger partial charge in [0, 0.05) is 120 Å². The molecule has 0 aromatic rings. The molecular formula is C77H141N23O15. The first kappa shape index (κ1) is 105. The highest BCUT2D eigenvalue weighted by Crippen LogP contribution is 2.27. The number of unbranched alkanes of at least 4 members (excludes halogenated alkanes) is 1. The predicted octanol–water partition coefficient (Wildman–Crippen LogP) is -0.291. The Kier molecular flexibility index (Phi) is 53.0. The number of carboxylic acid groups (broad SMARTS) is 1. The molecule has 0 aliphatic carbocycles. The zero-order valence-electron chi connectivity index (χ0n) is 69.7. The van der Waals surface area contributed by atoms with Gasteiger partial charge in [0.15, 0.2) is 58.7 Å². The summed E-state index contributed by atoms with van der Waals surface area (Å²) in [4.78, 5) is 216. The molecule has 7 amide bonds. The van der Waals surface area contributed by atoms with E-state index in [0.717, 1.165) is 0 Å². The maximum absolute atomic E-state index is 15.0. The minimum absolute atomic E-state index is 0.00215. The summed E-state index contributed by atoms with van der Waals surface area (Å²) in [6, 6.07) is -7.40. The van der Waals surface area contributed by atoms with E-state index in [4.69, 9.17) is 68.8 Å². The van der Waals surface area contributed by atoms with Crippen molar-refractivity contribution in [2.24, 2.45) is 153 Å². The molecule has 0 aliphatic heterocycles. The van der Waals surface area contributed by atoms with Crippen LogP contribution in [0.5, 0.6) is 0 Å². The molecule has 0 saturated heterocycles. The molecule has 115 heavy (non-hydrogen) atoms. The van der Waals surface area contributed by atoms with E-state index in [0.29, 0.717) is 38.6 Å².